The van der Waals surface area contributed by atoms with Crippen molar-refractivity contribution in [2.24, 2.45) is 0 Å². The average molecular weight is 311 g/mol. The smallest absolute Gasteiger partial charge is 0.277 e. The summed E-state index contributed by atoms with van der Waals surface area (Å²) >= 11 is 0. The van der Waals surface area contributed by atoms with Crippen LogP contribution in [0.15, 0.2) is 35.4 Å². The molecule has 0 aliphatic rings. The van der Waals surface area contributed by atoms with E-state index in [4.69, 9.17) is 0 Å². The minimum atomic E-state index is -0.793. The maximum atomic E-state index is 12.1. The van der Waals surface area contributed by atoms with Crippen molar-refractivity contribution in [3.8, 4) is 0 Å². The fourth-order valence-corrected chi connectivity index (χ4v) is 2.19. The number of rotatable bonds is 4. The van der Waals surface area contributed by atoms with Crippen molar-refractivity contribution in [1.29, 1.82) is 0 Å². The Hall–Kier alpha value is -3.29. The average Bonchev–Trinajstić information content (AvgIpc) is 3.02. The SMILES string of the molecule is CCc1ccc(C=Cc2nc3nc[nH]n3c(=O)c2[N+](=O)[O-])cc1. The van der Waals surface area contributed by atoms with Crippen LogP contribution < -0.4 is 5.56 Å². The molecule has 0 atom stereocenters. The van der Waals surface area contributed by atoms with Gasteiger partial charge in [-0.05, 0) is 23.6 Å². The van der Waals surface area contributed by atoms with Crippen molar-refractivity contribution in [1.82, 2.24) is 19.6 Å². The van der Waals surface area contributed by atoms with Gasteiger partial charge in [0.15, 0.2) is 5.69 Å². The van der Waals surface area contributed by atoms with Crippen LogP contribution in [0.1, 0.15) is 23.7 Å². The number of nitrogens with zero attached hydrogens (tertiary/aromatic N) is 4. The molecule has 1 aromatic carbocycles. The summed E-state index contributed by atoms with van der Waals surface area (Å²) in [6, 6.07) is 7.77. The highest BCUT2D eigenvalue weighted by molar-refractivity contribution is 5.72. The molecule has 0 radical (unpaired) electrons. The summed E-state index contributed by atoms with van der Waals surface area (Å²) in [6.45, 7) is 2.06. The Labute approximate surface area is 130 Å². The summed E-state index contributed by atoms with van der Waals surface area (Å²) in [5.41, 5.74) is 0.654. The second-order valence-corrected chi connectivity index (χ2v) is 4.86. The van der Waals surface area contributed by atoms with E-state index in [1.165, 1.54) is 18.0 Å². The number of hydrogen-bond acceptors (Lipinski definition) is 5. The minimum Gasteiger partial charge on any atom is -0.277 e. The number of nitrogens with one attached hydrogen (secondary N) is 1. The molecule has 1 N–H and O–H groups in total. The number of aromatic nitrogens is 4. The van der Waals surface area contributed by atoms with Crippen LogP contribution in [0.25, 0.3) is 17.9 Å². The molecule has 0 amide bonds. The van der Waals surface area contributed by atoms with Crippen LogP contribution in [0.5, 0.6) is 0 Å². The Morgan fingerprint density at radius 3 is 2.70 bits per heavy atom. The lowest BCUT2D eigenvalue weighted by Gasteiger charge is -1.99. The maximum absolute atomic E-state index is 12.1. The lowest BCUT2D eigenvalue weighted by Crippen LogP contribution is -2.20. The van der Waals surface area contributed by atoms with E-state index in [2.05, 4.69) is 22.0 Å². The van der Waals surface area contributed by atoms with Crippen molar-refractivity contribution in [2.75, 3.05) is 0 Å². The molecule has 0 unspecified atom stereocenters. The van der Waals surface area contributed by atoms with Crippen molar-refractivity contribution in [3.05, 3.63) is 67.9 Å². The van der Waals surface area contributed by atoms with Gasteiger partial charge in [-0.15, -0.1) is 0 Å². The Kier molecular flexibility index (Phi) is 3.71. The molecule has 2 heterocycles. The third-order valence-electron chi connectivity index (χ3n) is 3.44. The highest BCUT2D eigenvalue weighted by Gasteiger charge is 2.22. The van der Waals surface area contributed by atoms with E-state index >= 15 is 0 Å². The van der Waals surface area contributed by atoms with Gasteiger partial charge in [0.2, 0.25) is 0 Å². The number of nitro groups is 1. The summed E-state index contributed by atoms with van der Waals surface area (Å²) < 4.78 is 0.936. The third-order valence-corrected chi connectivity index (χ3v) is 3.44. The molecular formula is C15H13N5O3. The van der Waals surface area contributed by atoms with Gasteiger partial charge in [0, 0.05) is 0 Å². The number of hydrogen-bond donors (Lipinski definition) is 1. The van der Waals surface area contributed by atoms with Gasteiger partial charge in [-0.2, -0.15) is 4.52 Å². The zero-order valence-corrected chi connectivity index (χ0v) is 12.3. The number of benzene rings is 1. The van der Waals surface area contributed by atoms with Crippen LogP contribution >= 0.6 is 0 Å². The molecule has 0 spiro atoms. The van der Waals surface area contributed by atoms with Crippen LogP contribution in [0.3, 0.4) is 0 Å². The van der Waals surface area contributed by atoms with Gasteiger partial charge >= 0.3 is 11.2 Å². The van der Waals surface area contributed by atoms with Crippen molar-refractivity contribution in [3.63, 3.8) is 0 Å². The number of fused-ring (bicyclic) bond motifs is 1. The van der Waals surface area contributed by atoms with Crippen molar-refractivity contribution >= 4 is 23.6 Å². The molecule has 0 saturated carbocycles. The summed E-state index contributed by atoms with van der Waals surface area (Å²) in [5, 5.41) is 13.7. The molecular weight excluding hydrogens is 298 g/mol. The van der Waals surface area contributed by atoms with E-state index in [9.17, 15) is 14.9 Å². The fourth-order valence-electron chi connectivity index (χ4n) is 2.19. The fraction of sp³-hybridized carbons (Fsp3) is 0.133. The number of H-pyrrole nitrogens is 1. The molecule has 116 valence electrons. The minimum absolute atomic E-state index is 0.0216. The molecule has 8 nitrogen and oxygen atoms in total. The quantitative estimate of drug-likeness (QED) is 0.586. The molecule has 8 heteroatoms. The Balaban J connectivity index is 2.07. The van der Waals surface area contributed by atoms with Gasteiger partial charge in [0.1, 0.15) is 6.33 Å². The molecule has 0 fully saturated rings. The first-order valence-electron chi connectivity index (χ1n) is 6.97. The second kappa shape index (κ2) is 5.84. The Morgan fingerprint density at radius 1 is 1.30 bits per heavy atom. The third kappa shape index (κ3) is 2.73. The van der Waals surface area contributed by atoms with Gasteiger partial charge in [-0.3, -0.25) is 20.0 Å². The summed E-state index contributed by atoms with van der Waals surface area (Å²) in [4.78, 5) is 30.5. The first-order valence-corrected chi connectivity index (χ1v) is 6.97. The van der Waals surface area contributed by atoms with Crippen molar-refractivity contribution in [2.45, 2.75) is 13.3 Å². The topological polar surface area (TPSA) is 106 Å². The zero-order valence-electron chi connectivity index (χ0n) is 12.3. The standard InChI is InChI=1S/C15H13N5O3/c1-2-10-3-5-11(6-4-10)7-8-12-13(20(22)23)14(21)19-15(18-12)16-9-17-19/h3-9H,2H2,1H3,(H,16,17,18). The molecule has 0 saturated heterocycles. The molecule has 0 bridgehead atoms. The first kappa shape index (κ1) is 14.6. The second-order valence-electron chi connectivity index (χ2n) is 4.86. The highest BCUT2D eigenvalue weighted by atomic mass is 16.6. The Morgan fingerprint density at radius 2 is 2.04 bits per heavy atom. The summed E-state index contributed by atoms with van der Waals surface area (Å²) in [6.07, 6.45) is 5.32. The molecule has 0 aliphatic heterocycles. The van der Waals surface area contributed by atoms with Crippen LogP contribution in [0.2, 0.25) is 0 Å². The van der Waals surface area contributed by atoms with E-state index in [1.807, 2.05) is 24.3 Å². The van der Waals surface area contributed by atoms with Crippen LogP contribution in [0.4, 0.5) is 5.69 Å². The Bertz CT molecular complexity index is 953. The summed E-state index contributed by atoms with van der Waals surface area (Å²) in [5.74, 6) is 0.0848. The van der Waals surface area contributed by atoms with E-state index in [0.717, 1.165) is 16.5 Å². The summed E-state index contributed by atoms with van der Waals surface area (Å²) in [7, 11) is 0. The molecule has 3 aromatic rings. The molecule has 2 aromatic heterocycles. The van der Waals surface area contributed by atoms with Crippen LogP contribution in [0, 0.1) is 10.1 Å². The lowest BCUT2D eigenvalue weighted by molar-refractivity contribution is -0.386. The van der Waals surface area contributed by atoms with Gasteiger partial charge < -0.3 is 0 Å². The largest absolute Gasteiger partial charge is 0.361 e. The molecule has 23 heavy (non-hydrogen) atoms. The van der Waals surface area contributed by atoms with Crippen molar-refractivity contribution < 1.29 is 4.92 Å². The number of aromatic amines is 1. The predicted molar refractivity (Wildman–Crippen MR) is 85.0 cm³/mol. The van der Waals surface area contributed by atoms with Crippen LogP contribution in [-0.2, 0) is 6.42 Å². The van der Waals surface area contributed by atoms with Gasteiger partial charge in [0.05, 0.1) is 4.92 Å². The van der Waals surface area contributed by atoms with E-state index in [-0.39, 0.29) is 11.5 Å². The monoisotopic (exact) mass is 311 g/mol. The lowest BCUT2D eigenvalue weighted by atomic mass is 10.1. The highest BCUT2D eigenvalue weighted by Crippen LogP contribution is 2.15. The predicted octanol–water partition coefficient (Wildman–Crippen LogP) is 2.06. The zero-order chi connectivity index (χ0) is 16.4. The first-order chi connectivity index (χ1) is 11.1. The van der Waals surface area contributed by atoms with E-state index in [0.29, 0.717) is 0 Å². The van der Waals surface area contributed by atoms with Gasteiger partial charge in [0.25, 0.3) is 5.78 Å². The number of aryl methyl sites for hydroxylation is 1. The molecule has 3 rings (SSSR count). The molecule has 0 aliphatic carbocycles. The maximum Gasteiger partial charge on any atom is 0.361 e. The van der Waals surface area contributed by atoms with E-state index < -0.39 is 16.2 Å². The normalized spacial score (nSPS) is 11.3. The van der Waals surface area contributed by atoms with Gasteiger partial charge in [-0.25, -0.2) is 9.97 Å². The van der Waals surface area contributed by atoms with Gasteiger partial charge in [-0.1, -0.05) is 37.3 Å². The van der Waals surface area contributed by atoms with Crippen LogP contribution in [-0.4, -0.2) is 24.5 Å². The van der Waals surface area contributed by atoms with E-state index in [1.54, 1.807) is 6.08 Å².